The Hall–Kier alpha value is -1.04. The van der Waals surface area contributed by atoms with Crippen molar-refractivity contribution < 1.29 is 8.42 Å². The molecule has 0 spiro atoms. The lowest BCUT2D eigenvalue weighted by atomic mass is 10.6. The Labute approximate surface area is 101 Å². The van der Waals surface area contributed by atoms with Gasteiger partial charge in [0.2, 0.25) is 0 Å². The fourth-order valence-corrected chi connectivity index (χ4v) is 3.18. The first-order valence-electron chi connectivity index (χ1n) is 6.01. The second-order valence-corrected chi connectivity index (χ2v) is 6.87. The van der Waals surface area contributed by atoms with Crippen LogP contribution in [0.15, 0.2) is 17.2 Å². The summed E-state index contributed by atoms with van der Waals surface area (Å²) in [6.45, 7) is 2.11. The lowest BCUT2D eigenvalue weighted by molar-refractivity contribution is 0.582. The molecule has 0 radical (unpaired) electrons. The van der Waals surface area contributed by atoms with E-state index in [0.717, 1.165) is 12.8 Å². The van der Waals surface area contributed by atoms with Gasteiger partial charge < -0.3 is 0 Å². The van der Waals surface area contributed by atoms with E-state index in [9.17, 15) is 13.2 Å². The van der Waals surface area contributed by atoms with Crippen LogP contribution < -0.4 is 5.69 Å². The molecule has 1 heterocycles. The number of nitrogens with zero attached hydrogens (tertiary/aromatic N) is 2. The van der Waals surface area contributed by atoms with E-state index in [2.05, 4.69) is 0 Å². The molecule has 1 fully saturated rings. The Bertz CT molecular complexity index is 537. The minimum absolute atomic E-state index is 0.0510. The lowest BCUT2D eigenvalue weighted by Crippen LogP contribution is -2.26. The van der Waals surface area contributed by atoms with Crippen LogP contribution in [0, 0.1) is 0 Å². The van der Waals surface area contributed by atoms with Crippen molar-refractivity contribution in [2.24, 2.45) is 0 Å². The predicted molar refractivity (Wildman–Crippen MR) is 65.9 cm³/mol. The van der Waals surface area contributed by atoms with E-state index in [0.29, 0.717) is 12.5 Å². The zero-order valence-corrected chi connectivity index (χ0v) is 10.8. The second kappa shape index (κ2) is 4.68. The lowest BCUT2D eigenvalue weighted by Gasteiger charge is -2.03. The molecule has 1 aromatic heterocycles. The molecule has 0 bridgehead atoms. The Morgan fingerprint density at radius 1 is 1.29 bits per heavy atom. The van der Waals surface area contributed by atoms with Crippen LogP contribution in [0.1, 0.15) is 32.2 Å². The minimum atomic E-state index is -3.01. The van der Waals surface area contributed by atoms with E-state index < -0.39 is 9.84 Å². The third-order valence-electron chi connectivity index (χ3n) is 2.97. The molecule has 0 aliphatic heterocycles. The van der Waals surface area contributed by atoms with Crippen LogP contribution in [-0.4, -0.2) is 29.1 Å². The Morgan fingerprint density at radius 2 is 2.00 bits per heavy atom. The van der Waals surface area contributed by atoms with Gasteiger partial charge >= 0.3 is 5.69 Å². The molecule has 0 unspecified atom stereocenters. The van der Waals surface area contributed by atoms with Gasteiger partial charge in [-0.25, -0.2) is 13.2 Å². The van der Waals surface area contributed by atoms with Gasteiger partial charge in [-0.1, -0.05) is 6.92 Å². The van der Waals surface area contributed by atoms with Gasteiger partial charge in [-0.2, -0.15) is 0 Å². The van der Waals surface area contributed by atoms with E-state index in [4.69, 9.17) is 0 Å². The first kappa shape index (κ1) is 12.4. The van der Waals surface area contributed by atoms with Gasteiger partial charge in [0.05, 0.1) is 5.75 Å². The molecule has 1 aliphatic rings. The van der Waals surface area contributed by atoms with Crippen LogP contribution in [0.25, 0.3) is 0 Å². The predicted octanol–water partition coefficient (Wildman–Crippen LogP) is 0.810. The summed E-state index contributed by atoms with van der Waals surface area (Å²) in [6.07, 6.45) is 6.17. The highest BCUT2D eigenvalue weighted by molar-refractivity contribution is 7.91. The van der Waals surface area contributed by atoms with Crippen molar-refractivity contribution in [3.05, 3.63) is 22.9 Å². The topological polar surface area (TPSA) is 61.1 Å². The Kier molecular flexibility index (Phi) is 3.42. The van der Waals surface area contributed by atoms with Crippen LogP contribution in [0.4, 0.5) is 0 Å². The monoisotopic (exact) mass is 258 g/mol. The summed E-state index contributed by atoms with van der Waals surface area (Å²) in [5.74, 6) is 0.251. The normalized spacial score (nSPS) is 16.3. The molecule has 2 rings (SSSR count). The average molecular weight is 258 g/mol. The highest BCUT2D eigenvalue weighted by atomic mass is 32.2. The zero-order valence-electron chi connectivity index (χ0n) is 10.0. The smallest absolute Gasteiger partial charge is 0.298 e. The molecule has 0 aromatic carbocycles. The Morgan fingerprint density at radius 3 is 2.59 bits per heavy atom. The second-order valence-electron chi connectivity index (χ2n) is 4.56. The van der Waals surface area contributed by atoms with Gasteiger partial charge in [-0.15, -0.1) is 0 Å². The highest BCUT2D eigenvalue weighted by Gasteiger charge is 2.25. The maximum absolute atomic E-state index is 11.9. The van der Waals surface area contributed by atoms with Crippen LogP contribution in [0.3, 0.4) is 0 Å². The molecule has 1 aromatic rings. The molecule has 6 heteroatoms. The summed E-state index contributed by atoms with van der Waals surface area (Å²) >= 11 is 0. The number of aryl methyl sites for hydroxylation is 1. The summed E-state index contributed by atoms with van der Waals surface area (Å²) in [7, 11) is -3.01. The fourth-order valence-electron chi connectivity index (χ4n) is 1.88. The summed E-state index contributed by atoms with van der Waals surface area (Å²) < 4.78 is 26.3. The molecule has 0 N–H and O–H groups in total. The maximum Gasteiger partial charge on any atom is 0.328 e. The molecular formula is C11H18N2O3S. The number of hydrogen-bond acceptors (Lipinski definition) is 3. The van der Waals surface area contributed by atoms with Gasteiger partial charge in [-0.3, -0.25) is 9.13 Å². The van der Waals surface area contributed by atoms with Crippen LogP contribution in [0.2, 0.25) is 0 Å². The quantitative estimate of drug-likeness (QED) is 0.758. The number of aromatic nitrogens is 2. The van der Waals surface area contributed by atoms with E-state index in [1.807, 2.05) is 6.92 Å². The summed E-state index contributed by atoms with van der Waals surface area (Å²) in [5.41, 5.74) is -0.0841. The first-order chi connectivity index (χ1) is 8.03. The van der Waals surface area contributed by atoms with Crippen molar-refractivity contribution in [2.75, 3.05) is 11.5 Å². The Balaban J connectivity index is 2.02. The van der Waals surface area contributed by atoms with Crippen LogP contribution in [-0.2, 0) is 16.4 Å². The van der Waals surface area contributed by atoms with Crippen molar-refractivity contribution >= 4 is 9.84 Å². The SMILES string of the molecule is CCCS(=O)(=O)CCn1ccn(C2CC2)c1=O. The zero-order chi connectivity index (χ0) is 12.5. The van der Waals surface area contributed by atoms with Gasteiger partial charge in [0, 0.05) is 30.7 Å². The van der Waals surface area contributed by atoms with Gasteiger partial charge in [0.25, 0.3) is 0 Å². The third kappa shape index (κ3) is 3.00. The van der Waals surface area contributed by atoms with Crippen molar-refractivity contribution in [3.63, 3.8) is 0 Å². The number of imidazole rings is 1. The number of sulfone groups is 1. The average Bonchev–Trinajstić information content (AvgIpc) is 3.01. The highest BCUT2D eigenvalue weighted by Crippen LogP contribution is 2.33. The van der Waals surface area contributed by atoms with Crippen molar-refractivity contribution in [1.29, 1.82) is 0 Å². The maximum atomic E-state index is 11.9. The van der Waals surface area contributed by atoms with Gasteiger partial charge in [-0.05, 0) is 19.3 Å². The van der Waals surface area contributed by atoms with Crippen LogP contribution >= 0.6 is 0 Å². The molecule has 96 valence electrons. The summed E-state index contributed by atoms with van der Waals surface area (Å²) in [5, 5.41) is 0. The van der Waals surface area contributed by atoms with Crippen molar-refractivity contribution in [1.82, 2.24) is 9.13 Å². The van der Waals surface area contributed by atoms with E-state index in [1.165, 1.54) is 4.57 Å². The van der Waals surface area contributed by atoms with Gasteiger partial charge in [0.15, 0.2) is 9.84 Å². The molecule has 5 nitrogen and oxygen atoms in total. The van der Waals surface area contributed by atoms with Gasteiger partial charge in [0.1, 0.15) is 0 Å². The van der Waals surface area contributed by atoms with E-state index in [1.54, 1.807) is 17.0 Å². The molecule has 0 amide bonds. The number of hydrogen-bond donors (Lipinski definition) is 0. The molecule has 17 heavy (non-hydrogen) atoms. The summed E-state index contributed by atoms with van der Waals surface area (Å²) in [6, 6.07) is 0.344. The molecule has 1 aliphatic carbocycles. The largest absolute Gasteiger partial charge is 0.328 e. The first-order valence-corrected chi connectivity index (χ1v) is 7.83. The van der Waals surface area contributed by atoms with E-state index >= 15 is 0 Å². The van der Waals surface area contributed by atoms with E-state index in [-0.39, 0.29) is 23.7 Å². The molecular weight excluding hydrogens is 240 g/mol. The van der Waals surface area contributed by atoms with Crippen molar-refractivity contribution in [3.8, 4) is 0 Å². The summed E-state index contributed by atoms with van der Waals surface area (Å²) in [4.78, 5) is 11.9. The molecule has 1 saturated carbocycles. The van der Waals surface area contributed by atoms with Crippen LogP contribution in [0.5, 0.6) is 0 Å². The molecule has 0 saturated heterocycles. The third-order valence-corrected chi connectivity index (χ3v) is 4.81. The fraction of sp³-hybridized carbons (Fsp3) is 0.727. The molecule has 0 atom stereocenters. The standard InChI is InChI=1S/C11H18N2O3S/c1-2-8-17(15,16)9-7-12-5-6-13(11(12)14)10-3-4-10/h5-6,10H,2-4,7-9H2,1H3. The minimum Gasteiger partial charge on any atom is -0.298 e. The van der Waals surface area contributed by atoms with Crippen molar-refractivity contribution in [2.45, 2.75) is 38.8 Å². The number of rotatable bonds is 6.